The predicted octanol–water partition coefficient (Wildman–Crippen LogP) is 5.51. The Labute approximate surface area is 206 Å². The van der Waals surface area contributed by atoms with Crippen molar-refractivity contribution in [3.8, 4) is 11.3 Å². The summed E-state index contributed by atoms with van der Waals surface area (Å²) < 4.78 is 26.9. The highest BCUT2D eigenvalue weighted by atomic mass is 35.5. The number of amides is 1. The maximum Gasteiger partial charge on any atom is 0.227 e. The normalized spacial score (nSPS) is 16.1. The fourth-order valence-electron chi connectivity index (χ4n) is 4.59. The van der Waals surface area contributed by atoms with Gasteiger partial charge in [-0.15, -0.1) is 10.2 Å². The van der Waals surface area contributed by atoms with Crippen molar-refractivity contribution in [3.63, 3.8) is 0 Å². The van der Waals surface area contributed by atoms with Crippen molar-refractivity contribution in [2.45, 2.75) is 19.4 Å². The minimum Gasteiger partial charge on any atom is -0.351 e. The topological polar surface area (TPSA) is 49.3 Å². The average Bonchev–Trinajstić information content (AvgIpc) is 2.86. The van der Waals surface area contributed by atoms with E-state index >= 15 is 0 Å². The number of hydrogen-bond acceptors (Lipinski definition) is 4. The fraction of sp³-hybridized carbons (Fsp3) is 0.222. The monoisotopic (exact) mass is 492 g/mol. The number of hydrogen-bond donors (Lipinski definition) is 0. The van der Waals surface area contributed by atoms with Gasteiger partial charge in [0.2, 0.25) is 5.91 Å². The van der Waals surface area contributed by atoms with Crippen molar-refractivity contribution in [3.05, 3.63) is 89.0 Å². The Bertz CT molecular complexity index is 1400. The lowest BCUT2D eigenvalue weighted by atomic mass is 10.0. The van der Waals surface area contributed by atoms with E-state index in [4.69, 9.17) is 11.6 Å². The average molecular weight is 493 g/mol. The quantitative estimate of drug-likeness (QED) is 0.377. The molecule has 1 aliphatic heterocycles. The van der Waals surface area contributed by atoms with Crippen LogP contribution in [0.1, 0.15) is 12.5 Å². The third kappa shape index (κ3) is 4.68. The molecule has 1 fully saturated rings. The molecule has 35 heavy (non-hydrogen) atoms. The Morgan fingerprint density at radius 2 is 1.74 bits per heavy atom. The van der Waals surface area contributed by atoms with E-state index in [1.165, 1.54) is 24.3 Å². The van der Waals surface area contributed by atoms with Crippen LogP contribution in [0.5, 0.6) is 0 Å². The van der Waals surface area contributed by atoms with Gasteiger partial charge < -0.3 is 9.80 Å². The van der Waals surface area contributed by atoms with E-state index in [-0.39, 0.29) is 29.2 Å². The molecule has 1 aromatic heterocycles. The molecule has 0 aliphatic carbocycles. The van der Waals surface area contributed by atoms with Gasteiger partial charge in [0.15, 0.2) is 5.82 Å². The highest BCUT2D eigenvalue weighted by Crippen LogP contribution is 2.32. The van der Waals surface area contributed by atoms with Crippen LogP contribution in [0.25, 0.3) is 22.0 Å². The van der Waals surface area contributed by atoms with Gasteiger partial charge in [0.05, 0.1) is 11.4 Å². The molecule has 0 radical (unpaired) electrons. The first kappa shape index (κ1) is 23.2. The zero-order valence-corrected chi connectivity index (χ0v) is 19.8. The second-order valence-electron chi connectivity index (χ2n) is 8.73. The lowest BCUT2D eigenvalue weighted by molar-refractivity contribution is -0.132. The molecular weight excluding hydrogens is 470 g/mol. The standard InChI is InChI=1S/C27H23ClF2N4O/c1-17-16-33(12-13-34(17)25(35)15-18-6-11-24(30)23(28)14-18)27-22-5-3-2-4-21(22)26(31-32-27)19-7-9-20(29)10-8-19/h2-11,14,17H,12-13,15-16H2,1H3/t17-/m0/s1. The van der Waals surface area contributed by atoms with Crippen LogP contribution in [0.4, 0.5) is 14.6 Å². The summed E-state index contributed by atoms with van der Waals surface area (Å²) in [6.45, 7) is 3.74. The number of carbonyl (C=O) groups is 1. The van der Waals surface area contributed by atoms with Crippen molar-refractivity contribution in [1.29, 1.82) is 0 Å². The number of anilines is 1. The van der Waals surface area contributed by atoms with Crippen LogP contribution >= 0.6 is 11.6 Å². The van der Waals surface area contributed by atoms with Crippen LogP contribution in [0, 0.1) is 11.6 Å². The Hall–Kier alpha value is -3.58. The maximum absolute atomic E-state index is 13.4. The van der Waals surface area contributed by atoms with Gasteiger partial charge in [-0.05, 0) is 48.9 Å². The number of rotatable bonds is 4. The number of carbonyl (C=O) groups excluding carboxylic acids is 1. The Morgan fingerprint density at radius 3 is 2.46 bits per heavy atom. The molecular formula is C27H23ClF2N4O. The van der Waals surface area contributed by atoms with Gasteiger partial charge in [-0.2, -0.15) is 0 Å². The SMILES string of the molecule is C[C@H]1CN(c2nnc(-c3ccc(F)cc3)c3ccccc23)CCN1C(=O)Cc1ccc(F)c(Cl)c1. The molecule has 0 bridgehead atoms. The van der Waals surface area contributed by atoms with Crippen LogP contribution in [-0.4, -0.2) is 46.7 Å². The Morgan fingerprint density at radius 1 is 1.00 bits per heavy atom. The van der Waals surface area contributed by atoms with Gasteiger partial charge in [0, 0.05) is 42.0 Å². The van der Waals surface area contributed by atoms with Crippen LogP contribution in [0.3, 0.4) is 0 Å². The van der Waals surface area contributed by atoms with E-state index in [9.17, 15) is 13.6 Å². The minimum atomic E-state index is -0.497. The molecule has 8 heteroatoms. The zero-order chi connectivity index (χ0) is 24.5. The molecule has 3 aromatic carbocycles. The third-order valence-electron chi connectivity index (χ3n) is 6.37. The highest BCUT2D eigenvalue weighted by molar-refractivity contribution is 6.30. The number of fused-ring (bicyclic) bond motifs is 1. The summed E-state index contributed by atoms with van der Waals surface area (Å²) in [4.78, 5) is 17.0. The maximum atomic E-state index is 13.4. The van der Waals surface area contributed by atoms with Gasteiger partial charge in [-0.3, -0.25) is 4.79 Å². The molecule has 1 amide bonds. The highest BCUT2D eigenvalue weighted by Gasteiger charge is 2.29. The molecule has 0 N–H and O–H groups in total. The van der Waals surface area contributed by atoms with Crippen LogP contribution in [0.2, 0.25) is 5.02 Å². The molecule has 0 spiro atoms. The fourth-order valence-corrected chi connectivity index (χ4v) is 4.79. The zero-order valence-electron chi connectivity index (χ0n) is 19.1. The van der Waals surface area contributed by atoms with E-state index in [0.29, 0.717) is 30.9 Å². The van der Waals surface area contributed by atoms with Crippen molar-refractivity contribution < 1.29 is 13.6 Å². The van der Waals surface area contributed by atoms with Gasteiger partial charge in [0.1, 0.15) is 17.3 Å². The van der Waals surface area contributed by atoms with Crippen LogP contribution < -0.4 is 4.90 Å². The molecule has 5 rings (SSSR count). The van der Waals surface area contributed by atoms with Crippen molar-refractivity contribution in [1.82, 2.24) is 15.1 Å². The van der Waals surface area contributed by atoms with Gasteiger partial charge >= 0.3 is 0 Å². The second-order valence-corrected chi connectivity index (χ2v) is 9.14. The molecule has 5 nitrogen and oxygen atoms in total. The van der Waals surface area contributed by atoms with E-state index < -0.39 is 5.82 Å². The molecule has 0 saturated carbocycles. The van der Waals surface area contributed by atoms with E-state index in [0.717, 1.165) is 22.2 Å². The number of aromatic nitrogens is 2. The largest absolute Gasteiger partial charge is 0.351 e. The lowest BCUT2D eigenvalue weighted by Crippen LogP contribution is -2.54. The van der Waals surface area contributed by atoms with E-state index in [1.54, 1.807) is 18.2 Å². The second kappa shape index (κ2) is 9.58. The van der Waals surface area contributed by atoms with Crippen molar-refractivity contribution in [2.24, 2.45) is 0 Å². The van der Waals surface area contributed by atoms with E-state index in [2.05, 4.69) is 15.1 Å². The number of halogens is 3. The van der Waals surface area contributed by atoms with Crippen LogP contribution in [0.15, 0.2) is 66.7 Å². The molecule has 4 aromatic rings. The van der Waals surface area contributed by atoms with Crippen molar-refractivity contribution >= 4 is 34.1 Å². The number of nitrogens with zero attached hydrogens (tertiary/aromatic N) is 4. The Kier molecular flexibility index (Phi) is 6.34. The molecule has 1 aliphatic rings. The molecule has 178 valence electrons. The smallest absolute Gasteiger partial charge is 0.227 e. The summed E-state index contributed by atoms with van der Waals surface area (Å²) >= 11 is 5.87. The molecule has 0 unspecified atom stereocenters. The number of piperazine rings is 1. The summed E-state index contributed by atoms with van der Waals surface area (Å²) in [7, 11) is 0. The third-order valence-corrected chi connectivity index (χ3v) is 6.66. The first-order chi connectivity index (χ1) is 16.9. The van der Waals surface area contributed by atoms with Crippen molar-refractivity contribution in [2.75, 3.05) is 24.5 Å². The molecule has 1 atom stereocenters. The number of benzene rings is 3. The summed E-state index contributed by atoms with van der Waals surface area (Å²) in [5.41, 5.74) is 2.18. The first-order valence-electron chi connectivity index (χ1n) is 11.4. The Balaban J connectivity index is 1.36. The summed E-state index contributed by atoms with van der Waals surface area (Å²) in [5, 5.41) is 10.9. The van der Waals surface area contributed by atoms with Gasteiger partial charge in [0.25, 0.3) is 0 Å². The van der Waals surface area contributed by atoms with Gasteiger partial charge in [-0.25, -0.2) is 8.78 Å². The van der Waals surface area contributed by atoms with Crippen LogP contribution in [-0.2, 0) is 11.2 Å². The minimum absolute atomic E-state index is 0.0164. The first-order valence-corrected chi connectivity index (χ1v) is 11.8. The van der Waals surface area contributed by atoms with E-state index in [1.807, 2.05) is 36.1 Å². The summed E-state index contributed by atoms with van der Waals surface area (Å²) in [5.74, 6) is -0.0617. The lowest BCUT2D eigenvalue weighted by Gasteiger charge is -2.40. The molecule has 1 saturated heterocycles. The van der Waals surface area contributed by atoms with Gasteiger partial charge in [-0.1, -0.05) is 41.9 Å². The summed E-state index contributed by atoms with van der Waals surface area (Å²) in [6.07, 6.45) is 0.166. The summed E-state index contributed by atoms with van der Waals surface area (Å²) in [6, 6.07) is 18.4. The molecule has 2 heterocycles. The predicted molar refractivity (Wildman–Crippen MR) is 133 cm³/mol.